The Morgan fingerprint density at radius 2 is 1.42 bits per heavy atom. The summed E-state index contributed by atoms with van der Waals surface area (Å²) in [7, 11) is -0.813. The Morgan fingerprint density at radius 1 is 0.789 bits per heavy atom. The number of anilines is 1. The summed E-state index contributed by atoms with van der Waals surface area (Å²) < 4.78 is 0. The lowest BCUT2D eigenvalue weighted by molar-refractivity contribution is 0.862. The SMILES string of the molecule is Cc1c2cccc3c2nc2c(cccc12)CP(C(C)C)c1ccccc1NC1CC=CC=C1P(C(C)C)C3. The molecule has 3 atom stereocenters. The third kappa shape index (κ3) is 4.61. The summed E-state index contributed by atoms with van der Waals surface area (Å²) in [5.41, 5.74) is 9.05. The summed E-state index contributed by atoms with van der Waals surface area (Å²) in [6.07, 6.45) is 10.2. The highest BCUT2D eigenvalue weighted by Crippen LogP contribution is 2.56. The van der Waals surface area contributed by atoms with Crippen LogP contribution in [0.25, 0.3) is 21.8 Å². The third-order valence-electron chi connectivity index (χ3n) is 8.21. The van der Waals surface area contributed by atoms with Crippen LogP contribution in [-0.2, 0) is 12.3 Å². The summed E-state index contributed by atoms with van der Waals surface area (Å²) in [5, 5.41) is 9.78. The summed E-state index contributed by atoms with van der Waals surface area (Å²) >= 11 is 0. The van der Waals surface area contributed by atoms with E-state index in [4.69, 9.17) is 4.98 Å². The second-order valence-electron chi connectivity index (χ2n) is 11.3. The number of nitrogens with zero attached hydrogens (tertiary/aromatic N) is 1. The summed E-state index contributed by atoms with van der Waals surface area (Å²) in [4.78, 5) is 5.51. The fourth-order valence-corrected chi connectivity index (χ4v) is 11.2. The first-order chi connectivity index (χ1) is 18.4. The molecule has 1 aromatic heterocycles. The Bertz CT molecular complexity index is 1570. The number of fused-ring (bicyclic) bond motifs is 2. The van der Waals surface area contributed by atoms with Crippen LogP contribution in [0, 0.1) is 6.92 Å². The number of nitrogens with one attached hydrogen (secondary N) is 1. The minimum atomic E-state index is -0.427. The second-order valence-corrected chi connectivity index (χ2v) is 16.9. The molecule has 1 N–H and O–H groups in total. The summed E-state index contributed by atoms with van der Waals surface area (Å²) in [6.45, 7) is 11.9. The van der Waals surface area contributed by atoms with Gasteiger partial charge in [0.1, 0.15) is 0 Å². The monoisotopic (exact) mass is 536 g/mol. The molecule has 0 saturated heterocycles. The number of para-hydroxylation sites is 3. The number of benzene rings is 3. The van der Waals surface area contributed by atoms with Crippen molar-refractivity contribution in [1.29, 1.82) is 0 Å². The lowest BCUT2D eigenvalue weighted by Gasteiger charge is -2.35. The number of pyridine rings is 1. The topological polar surface area (TPSA) is 24.9 Å². The first kappa shape index (κ1) is 25.7. The Morgan fingerprint density at radius 3 is 2.08 bits per heavy atom. The van der Waals surface area contributed by atoms with Gasteiger partial charge in [-0.3, -0.25) is 0 Å². The van der Waals surface area contributed by atoms with E-state index in [0.717, 1.165) is 18.7 Å². The van der Waals surface area contributed by atoms with E-state index in [-0.39, 0.29) is 7.92 Å². The van der Waals surface area contributed by atoms with Gasteiger partial charge in [-0.05, 0) is 70.4 Å². The van der Waals surface area contributed by atoms with Crippen LogP contribution in [0.4, 0.5) is 5.69 Å². The van der Waals surface area contributed by atoms with E-state index in [0.29, 0.717) is 17.4 Å². The van der Waals surface area contributed by atoms with Gasteiger partial charge in [-0.1, -0.05) is 116 Å². The molecule has 0 fully saturated rings. The number of hydrogen-bond donors (Lipinski definition) is 1. The Hall–Kier alpha value is -2.53. The van der Waals surface area contributed by atoms with Gasteiger partial charge in [-0.25, -0.2) is 4.98 Å². The zero-order valence-electron chi connectivity index (χ0n) is 23.2. The molecule has 6 rings (SSSR count). The molecule has 0 spiro atoms. The molecule has 194 valence electrons. The van der Waals surface area contributed by atoms with Crippen LogP contribution in [0.15, 0.2) is 84.2 Å². The average molecular weight is 537 g/mol. The van der Waals surface area contributed by atoms with Crippen molar-refractivity contribution in [3.8, 4) is 0 Å². The average Bonchev–Trinajstić information content (AvgIpc) is 2.91. The standard InChI is InChI=1S/C34H38N2P2/c1-22(2)37-20-25-12-10-14-27-24(5)28-15-11-13-26(34(28)36-33(25)27)21-38(23(3)4)32-19-9-7-17-30(32)35-29-16-6-8-18-31(29)37/h6-16,18-19,22-23,30,35H,17,20-21H2,1-5H3. The van der Waals surface area contributed by atoms with Crippen LogP contribution in [0.5, 0.6) is 0 Å². The fraction of sp³-hybridized carbons (Fsp3) is 0.324. The number of aryl methyl sites for hydroxylation is 1. The van der Waals surface area contributed by atoms with Gasteiger partial charge in [-0.2, -0.15) is 0 Å². The van der Waals surface area contributed by atoms with Crippen LogP contribution in [0.1, 0.15) is 50.8 Å². The molecule has 2 heterocycles. The van der Waals surface area contributed by atoms with Crippen molar-refractivity contribution in [2.75, 3.05) is 5.32 Å². The van der Waals surface area contributed by atoms with Gasteiger partial charge < -0.3 is 5.32 Å². The van der Waals surface area contributed by atoms with Gasteiger partial charge in [0.15, 0.2) is 0 Å². The Kier molecular flexibility index (Phi) is 7.15. The van der Waals surface area contributed by atoms with Crippen molar-refractivity contribution in [3.05, 3.63) is 101 Å². The van der Waals surface area contributed by atoms with E-state index in [1.54, 1.807) is 5.31 Å². The highest BCUT2D eigenvalue weighted by molar-refractivity contribution is 7.66. The van der Waals surface area contributed by atoms with E-state index in [1.807, 2.05) is 0 Å². The zero-order valence-corrected chi connectivity index (χ0v) is 25.0. The zero-order chi connectivity index (χ0) is 26.4. The normalized spacial score (nSPS) is 21.4. The van der Waals surface area contributed by atoms with Crippen molar-refractivity contribution in [3.63, 3.8) is 0 Å². The molecule has 3 unspecified atom stereocenters. The van der Waals surface area contributed by atoms with E-state index in [2.05, 4.69) is 119 Å². The molecule has 2 nitrogen and oxygen atoms in total. The van der Waals surface area contributed by atoms with Gasteiger partial charge in [-0.15, -0.1) is 0 Å². The number of allylic oxidation sites excluding steroid dienone is 2. The number of aromatic nitrogens is 1. The highest BCUT2D eigenvalue weighted by atomic mass is 31.1. The van der Waals surface area contributed by atoms with Crippen LogP contribution >= 0.6 is 15.8 Å². The Balaban J connectivity index is 1.65. The minimum Gasteiger partial charge on any atom is -0.377 e. The van der Waals surface area contributed by atoms with Crippen LogP contribution < -0.4 is 10.6 Å². The molecule has 3 aromatic carbocycles. The number of rotatable bonds is 2. The summed E-state index contributed by atoms with van der Waals surface area (Å²) in [6, 6.07) is 23.2. The molecule has 0 radical (unpaired) electrons. The Labute approximate surface area is 230 Å². The molecule has 0 amide bonds. The van der Waals surface area contributed by atoms with E-state index in [9.17, 15) is 0 Å². The molecule has 4 aromatic rings. The van der Waals surface area contributed by atoms with E-state index in [1.165, 1.54) is 49.5 Å². The van der Waals surface area contributed by atoms with Crippen molar-refractivity contribution >= 4 is 48.6 Å². The van der Waals surface area contributed by atoms with Crippen LogP contribution in [0.2, 0.25) is 0 Å². The van der Waals surface area contributed by atoms with Crippen molar-refractivity contribution in [1.82, 2.24) is 4.98 Å². The summed E-state index contributed by atoms with van der Waals surface area (Å²) in [5.74, 6) is 0. The fourth-order valence-electron chi connectivity index (χ4n) is 6.13. The second kappa shape index (κ2) is 10.6. The molecule has 2 aliphatic rings. The maximum atomic E-state index is 5.51. The quantitative estimate of drug-likeness (QED) is 0.204. The van der Waals surface area contributed by atoms with Gasteiger partial charge in [0.05, 0.1) is 17.1 Å². The maximum absolute atomic E-state index is 5.51. The maximum Gasteiger partial charge on any atom is 0.0748 e. The number of hydrogen-bond acceptors (Lipinski definition) is 2. The van der Waals surface area contributed by atoms with Gasteiger partial charge >= 0.3 is 0 Å². The lowest BCUT2D eigenvalue weighted by Crippen LogP contribution is -2.27. The van der Waals surface area contributed by atoms with Crippen LogP contribution in [0.3, 0.4) is 0 Å². The van der Waals surface area contributed by atoms with Crippen LogP contribution in [-0.4, -0.2) is 22.3 Å². The molecule has 38 heavy (non-hydrogen) atoms. The molecule has 0 saturated carbocycles. The first-order valence-electron chi connectivity index (χ1n) is 14.0. The molecule has 2 bridgehead atoms. The van der Waals surface area contributed by atoms with Crippen molar-refractivity contribution in [2.24, 2.45) is 0 Å². The molecular formula is C34H38N2P2. The van der Waals surface area contributed by atoms with E-state index >= 15 is 0 Å². The van der Waals surface area contributed by atoms with Crippen molar-refractivity contribution < 1.29 is 0 Å². The van der Waals surface area contributed by atoms with Gasteiger partial charge in [0, 0.05) is 16.5 Å². The van der Waals surface area contributed by atoms with Gasteiger partial charge in [0.2, 0.25) is 0 Å². The van der Waals surface area contributed by atoms with Gasteiger partial charge in [0.25, 0.3) is 0 Å². The molecule has 4 heteroatoms. The molecule has 1 aliphatic carbocycles. The largest absolute Gasteiger partial charge is 0.377 e. The highest BCUT2D eigenvalue weighted by Gasteiger charge is 2.29. The predicted octanol–water partition coefficient (Wildman–Crippen LogP) is 9.44. The smallest absolute Gasteiger partial charge is 0.0748 e. The van der Waals surface area contributed by atoms with Crippen molar-refractivity contribution in [2.45, 2.75) is 70.7 Å². The van der Waals surface area contributed by atoms with E-state index < -0.39 is 7.92 Å². The minimum absolute atomic E-state index is 0.338. The first-order valence-corrected chi connectivity index (χ1v) is 17.2. The molecule has 1 aliphatic heterocycles. The molecular weight excluding hydrogens is 498 g/mol. The predicted molar refractivity (Wildman–Crippen MR) is 171 cm³/mol. The third-order valence-corrected chi connectivity index (χ3v) is 14.2. The lowest BCUT2D eigenvalue weighted by atomic mass is 10.00.